The molecule has 2 heterocycles. The molecule has 0 fully saturated rings. The normalized spacial score (nSPS) is 14.1. The highest BCUT2D eigenvalue weighted by molar-refractivity contribution is 6.06. The molecule has 0 aromatic carbocycles. The van der Waals surface area contributed by atoms with Crippen molar-refractivity contribution in [3.8, 4) is 0 Å². The molecule has 1 aliphatic rings. The van der Waals surface area contributed by atoms with Gasteiger partial charge in [0.05, 0.1) is 12.0 Å². The van der Waals surface area contributed by atoms with Crippen molar-refractivity contribution in [1.82, 2.24) is 0 Å². The number of carbonyl (C=O) groups excluding carboxylic acids is 1. The fraction of sp³-hybridized carbons (Fsp3) is 0.417. The van der Waals surface area contributed by atoms with Crippen LogP contribution in [0.5, 0.6) is 0 Å². The van der Waals surface area contributed by atoms with E-state index < -0.39 is 18.4 Å². The molecule has 1 aliphatic heterocycles. The van der Waals surface area contributed by atoms with Crippen molar-refractivity contribution >= 4 is 11.8 Å². The molecule has 0 radical (unpaired) electrons. The number of hydrogen-bond donors (Lipinski definition) is 0. The third-order valence-electron chi connectivity index (χ3n) is 2.58. The molecule has 0 unspecified atom stereocenters. The van der Waals surface area contributed by atoms with E-state index in [1.807, 2.05) is 6.92 Å². The van der Waals surface area contributed by atoms with E-state index in [9.17, 15) is 14.0 Å². The number of aryl methyl sites for hydroxylation is 1. The van der Waals surface area contributed by atoms with Crippen molar-refractivity contribution in [2.75, 3.05) is 6.86 Å². The maximum Gasteiger partial charge on any atom is 0.336 e. The Bertz CT molecular complexity index is 562. The zero-order valence-electron chi connectivity index (χ0n) is 9.86. The molecule has 0 saturated carbocycles. The molecule has 0 aliphatic carbocycles. The lowest BCUT2D eigenvalue weighted by atomic mass is 10.00. The molecule has 2 rings (SSSR count). The summed E-state index contributed by atoms with van der Waals surface area (Å²) in [5.41, 5.74) is 0.587. The van der Waals surface area contributed by atoms with Gasteiger partial charge in [-0.1, -0.05) is 13.3 Å². The van der Waals surface area contributed by atoms with E-state index in [1.165, 1.54) is 6.07 Å². The first-order chi connectivity index (χ1) is 8.65. The number of aliphatic imine (C=N–C) groups is 1. The van der Waals surface area contributed by atoms with Crippen molar-refractivity contribution in [1.29, 1.82) is 0 Å². The van der Waals surface area contributed by atoms with Crippen LogP contribution in [0.1, 0.15) is 30.2 Å². The van der Waals surface area contributed by atoms with Crippen LogP contribution in [0, 0.1) is 0 Å². The second kappa shape index (κ2) is 5.12. The molecule has 0 N–H and O–H groups in total. The molecule has 18 heavy (non-hydrogen) atoms. The molecule has 1 aromatic heterocycles. The summed E-state index contributed by atoms with van der Waals surface area (Å²) in [7, 11) is 0. The number of ether oxygens (including phenoxy) is 1. The number of alkyl halides is 1. The SMILES string of the molecule is CCCc1cc(=O)oc2c1C(OCF)=NC(=O)C2. The van der Waals surface area contributed by atoms with Crippen LogP contribution in [0.25, 0.3) is 0 Å². The highest BCUT2D eigenvalue weighted by Crippen LogP contribution is 2.21. The Kier molecular flexibility index (Phi) is 3.55. The minimum Gasteiger partial charge on any atom is -0.445 e. The molecule has 0 saturated heterocycles. The maximum atomic E-state index is 12.3. The molecule has 6 heteroatoms. The summed E-state index contributed by atoms with van der Waals surface area (Å²) in [4.78, 5) is 26.4. The molecule has 1 amide bonds. The smallest absolute Gasteiger partial charge is 0.336 e. The standard InChI is InChI=1S/C12H12FNO4/c1-2-3-7-4-10(16)18-8-5-9(15)14-12(11(7)8)17-6-13/h4H,2-3,5-6H2,1H3. The number of nitrogens with zero attached hydrogens (tertiary/aromatic N) is 1. The molecular weight excluding hydrogens is 241 g/mol. The number of rotatable bonds is 3. The Labute approximate surface area is 102 Å². The highest BCUT2D eigenvalue weighted by Gasteiger charge is 2.26. The number of hydrogen-bond acceptors (Lipinski definition) is 4. The minimum atomic E-state index is -1.09. The maximum absolute atomic E-state index is 12.3. The van der Waals surface area contributed by atoms with Crippen LogP contribution < -0.4 is 5.63 Å². The van der Waals surface area contributed by atoms with Gasteiger partial charge in [0.25, 0.3) is 5.91 Å². The van der Waals surface area contributed by atoms with Gasteiger partial charge in [0, 0.05) is 6.07 Å². The topological polar surface area (TPSA) is 68.9 Å². The van der Waals surface area contributed by atoms with Crippen molar-refractivity contribution in [3.63, 3.8) is 0 Å². The Balaban J connectivity index is 2.58. The molecule has 5 nitrogen and oxygen atoms in total. The summed E-state index contributed by atoms with van der Waals surface area (Å²) < 4.78 is 22.0. The van der Waals surface area contributed by atoms with Crippen LogP contribution in [-0.2, 0) is 22.4 Å². The first-order valence-corrected chi connectivity index (χ1v) is 5.62. The zero-order valence-corrected chi connectivity index (χ0v) is 9.86. The number of fused-ring (bicyclic) bond motifs is 1. The van der Waals surface area contributed by atoms with Crippen molar-refractivity contribution in [2.24, 2.45) is 4.99 Å². The molecule has 1 aromatic rings. The third kappa shape index (κ3) is 2.32. The first-order valence-electron chi connectivity index (χ1n) is 5.62. The van der Waals surface area contributed by atoms with Crippen LogP contribution in [0.2, 0.25) is 0 Å². The summed E-state index contributed by atoms with van der Waals surface area (Å²) in [6, 6.07) is 1.33. The van der Waals surface area contributed by atoms with Gasteiger partial charge in [-0.25, -0.2) is 9.18 Å². The van der Waals surface area contributed by atoms with Crippen molar-refractivity contribution in [3.05, 3.63) is 33.4 Å². The predicted molar refractivity (Wildman–Crippen MR) is 61.3 cm³/mol. The Morgan fingerprint density at radius 1 is 1.50 bits per heavy atom. The summed E-state index contributed by atoms with van der Waals surface area (Å²) in [5, 5.41) is 0. The largest absolute Gasteiger partial charge is 0.445 e. The van der Waals surface area contributed by atoms with Gasteiger partial charge >= 0.3 is 5.63 Å². The van der Waals surface area contributed by atoms with E-state index >= 15 is 0 Å². The van der Waals surface area contributed by atoms with Gasteiger partial charge in [0.2, 0.25) is 12.8 Å². The molecule has 0 spiro atoms. The second-order valence-electron chi connectivity index (χ2n) is 3.88. The molecular formula is C12H12FNO4. The Morgan fingerprint density at radius 2 is 2.28 bits per heavy atom. The Hall–Kier alpha value is -1.98. The zero-order chi connectivity index (χ0) is 13.1. The van der Waals surface area contributed by atoms with E-state index in [1.54, 1.807) is 0 Å². The number of halogens is 1. The summed E-state index contributed by atoms with van der Waals surface area (Å²) in [6.45, 7) is 0.859. The summed E-state index contributed by atoms with van der Waals surface area (Å²) >= 11 is 0. The van der Waals surface area contributed by atoms with Gasteiger partial charge in [-0.15, -0.1) is 0 Å². The van der Waals surface area contributed by atoms with Crippen molar-refractivity contribution in [2.45, 2.75) is 26.2 Å². The second-order valence-corrected chi connectivity index (χ2v) is 3.88. The van der Waals surface area contributed by atoms with E-state index in [-0.39, 0.29) is 18.1 Å². The molecule has 96 valence electrons. The van der Waals surface area contributed by atoms with Gasteiger partial charge in [0.1, 0.15) is 5.76 Å². The van der Waals surface area contributed by atoms with Gasteiger partial charge in [-0.2, -0.15) is 4.99 Å². The summed E-state index contributed by atoms with van der Waals surface area (Å²) in [5.74, 6) is -0.409. The lowest BCUT2D eigenvalue weighted by Crippen LogP contribution is -2.23. The van der Waals surface area contributed by atoms with Gasteiger partial charge in [-0.3, -0.25) is 4.79 Å². The summed E-state index contributed by atoms with van der Waals surface area (Å²) in [6.07, 6.45) is 1.31. The first kappa shape index (κ1) is 12.5. The van der Waals surface area contributed by atoms with Crippen molar-refractivity contribution < 1.29 is 18.3 Å². The van der Waals surface area contributed by atoms with E-state index in [2.05, 4.69) is 4.99 Å². The average Bonchev–Trinajstić information content (AvgIpc) is 2.28. The number of amides is 1. The monoisotopic (exact) mass is 253 g/mol. The number of carbonyl (C=O) groups is 1. The van der Waals surface area contributed by atoms with Gasteiger partial charge in [0.15, 0.2) is 0 Å². The lowest BCUT2D eigenvalue weighted by molar-refractivity contribution is -0.117. The third-order valence-corrected chi connectivity index (χ3v) is 2.58. The van der Waals surface area contributed by atoms with E-state index in [0.717, 1.165) is 6.42 Å². The predicted octanol–water partition coefficient (Wildman–Crippen LogP) is 1.37. The van der Waals surface area contributed by atoms with Crippen LogP contribution in [0.3, 0.4) is 0 Å². The van der Waals surface area contributed by atoms with Gasteiger partial charge in [-0.05, 0) is 12.0 Å². The van der Waals surface area contributed by atoms with Crippen LogP contribution in [0.4, 0.5) is 4.39 Å². The average molecular weight is 253 g/mol. The fourth-order valence-corrected chi connectivity index (χ4v) is 1.95. The van der Waals surface area contributed by atoms with Gasteiger partial charge < -0.3 is 9.15 Å². The van der Waals surface area contributed by atoms with Crippen LogP contribution in [0.15, 0.2) is 20.3 Å². The fourth-order valence-electron chi connectivity index (χ4n) is 1.95. The Morgan fingerprint density at radius 3 is 2.94 bits per heavy atom. The van der Waals surface area contributed by atoms with Crippen LogP contribution in [-0.4, -0.2) is 18.7 Å². The molecule has 0 atom stereocenters. The van der Waals surface area contributed by atoms with E-state index in [4.69, 9.17) is 9.15 Å². The lowest BCUT2D eigenvalue weighted by Gasteiger charge is -2.16. The van der Waals surface area contributed by atoms with E-state index in [0.29, 0.717) is 17.5 Å². The minimum absolute atomic E-state index is 0.0960. The molecule has 0 bridgehead atoms. The quantitative estimate of drug-likeness (QED) is 0.815. The highest BCUT2D eigenvalue weighted by atomic mass is 19.1. The van der Waals surface area contributed by atoms with Crippen LogP contribution >= 0.6 is 0 Å².